The highest BCUT2D eigenvalue weighted by Crippen LogP contribution is 2.26. The van der Waals surface area contributed by atoms with Gasteiger partial charge in [0.2, 0.25) is 0 Å². The lowest BCUT2D eigenvalue weighted by atomic mass is 10.1. The number of hydrogen-bond acceptors (Lipinski definition) is 4. The SMILES string of the molecule is CCc1nn(C)c(CC)c1S(=O)(=O)Nc1cc(CO)ccc1C. The van der Waals surface area contributed by atoms with Crippen LogP contribution in [-0.4, -0.2) is 23.3 Å². The van der Waals surface area contributed by atoms with E-state index in [0.29, 0.717) is 35.5 Å². The number of rotatable bonds is 6. The summed E-state index contributed by atoms with van der Waals surface area (Å²) in [5.74, 6) is 0. The van der Waals surface area contributed by atoms with Gasteiger partial charge in [-0.1, -0.05) is 26.0 Å². The molecule has 7 heteroatoms. The van der Waals surface area contributed by atoms with E-state index in [1.54, 1.807) is 29.9 Å². The topological polar surface area (TPSA) is 84.2 Å². The first-order chi connectivity index (χ1) is 10.8. The second-order valence-electron chi connectivity index (χ2n) is 5.47. The van der Waals surface area contributed by atoms with Gasteiger partial charge in [-0.05, 0) is 37.0 Å². The van der Waals surface area contributed by atoms with Gasteiger partial charge in [0.05, 0.1) is 23.7 Å². The van der Waals surface area contributed by atoms with Crippen molar-refractivity contribution in [2.24, 2.45) is 7.05 Å². The van der Waals surface area contributed by atoms with E-state index in [1.807, 2.05) is 20.8 Å². The first-order valence-corrected chi connectivity index (χ1v) is 9.10. The summed E-state index contributed by atoms with van der Waals surface area (Å²) in [5.41, 5.74) is 3.18. The highest BCUT2D eigenvalue weighted by molar-refractivity contribution is 7.92. The number of aliphatic hydroxyl groups excluding tert-OH is 1. The zero-order valence-electron chi connectivity index (χ0n) is 13.9. The minimum atomic E-state index is -3.74. The molecule has 0 radical (unpaired) electrons. The highest BCUT2D eigenvalue weighted by atomic mass is 32.2. The Morgan fingerprint density at radius 3 is 2.52 bits per heavy atom. The summed E-state index contributed by atoms with van der Waals surface area (Å²) in [7, 11) is -1.98. The Balaban J connectivity index is 2.52. The molecule has 0 aliphatic carbocycles. The van der Waals surface area contributed by atoms with Gasteiger partial charge in [0.1, 0.15) is 4.90 Å². The Morgan fingerprint density at radius 2 is 1.96 bits per heavy atom. The number of aryl methyl sites for hydroxylation is 3. The van der Waals surface area contributed by atoms with Crippen molar-refractivity contribution in [1.29, 1.82) is 0 Å². The third-order valence-corrected chi connectivity index (χ3v) is 5.35. The van der Waals surface area contributed by atoms with Crippen LogP contribution in [0.1, 0.15) is 36.4 Å². The summed E-state index contributed by atoms with van der Waals surface area (Å²) in [5, 5.41) is 13.6. The van der Waals surface area contributed by atoms with Crippen LogP contribution in [0.2, 0.25) is 0 Å². The van der Waals surface area contributed by atoms with Gasteiger partial charge < -0.3 is 5.11 Å². The minimum Gasteiger partial charge on any atom is -0.392 e. The van der Waals surface area contributed by atoms with Crippen LogP contribution >= 0.6 is 0 Å². The predicted molar refractivity (Wildman–Crippen MR) is 89.9 cm³/mol. The molecule has 0 amide bonds. The molecule has 0 spiro atoms. The highest BCUT2D eigenvalue weighted by Gasteiger charge is 2.26. The maximum absolute atomic E-state index is 12.9. The second kappa shape index (κ2) is 6.72. The number of anilines is 1. The summed E-state index contributed by atoms with van der Waals surface area (Å²) in [6.07, 6.45) is 1.12. The molecule has 2 aromatic rings. The molecule has 0 fully saturated rings. The van der Waals surface area contributed by atoms with Gasteiger partial charge >= 0.3 is 0 Å². The zero-order chi connectivity index (χ0) is 17.2. The van der Waals surface area contributed by atoms with E-state index in [4.69, 9.17) is 0 Å². The fourth-order valence-corrected chi connectivity index (χ4v) is 4.30. The van der Waals surface area contributed by atoms with Gasteiger partial charge in [-0.2, -0.15) is 5.10 Å². The molecular formula is C16H23N3O3S. The van der Waals surface area contributed by atoms with Crippen molar-refractivity contribution in [3.63, 3.8) is 0 Å². The molecular weight excluding hydrogens is 314 g/mol. The van der Waals surface area contributed by atoms with E-state index in [-0.39, 0.29) is 11.5 Å². The third kappa shape index (κ3) is 3.40. The van der Waals surface area contributed by atoms with Gasteiger partial charge in [-0.3, -0.25) is 9.40 Å². The summed E-state index contributed by atoms with van der Waals surface area (Å²) < 4.78 is 30.1. The van der Waals surface area contributed by atoms with E-state index in [1.165, 1.54) is 0 Å². The number of aliphatic hydroxyl groups is 1. The Morgan fingerprint density at radius 1 is 1.26 bits per heavy atom. The maximum atomic E-state index is 12.9. The van der Waals surface area contributed by atoms with Crippen molar-refractivity contribution in [3.05, 3.63) is 40.7 Å². The van der Waals surface area contributed by atoms with Crippen LogP contribution < -0.4 is 4.72 Å². The average Bonchev–Trinajstić information content (AvgIpc) is 2.85. The van der Waals surface area contributed by atoms with Gasteiger partial charge in [-0.25, -0.2) is 8.42 Å². The number of benzene rings is 1. The van der Waals surface area contributed by atoms with Crippen molar-refractivity contribution in [2.45, 2.75) is 45.1 Å². The summed E-state index contributed by atoms with van der Waals surface area (Å²) in [6, 6.07) is 5.21. The van der Waals surface area contributed by atoms with Gasteiger partial charge in [0, 0.05) is 7.05 Å². The first-order valence-electron chi connectivity index (χ1n) is 7.62. The van der Waals surface area contributed by atoms with Gasteiger partial charge in [-0.15, -0.1) is 0 Å². The van der Waals surface area contributed by atoms with Crippen molar-refractivity contribution in [1.82, 2.24) is 9.78 Å². The van der Waals surface area contributed by atoms with Crippen LogP contribution in [0, 0.1) is 6.92 Å². The molecule has 126 valence electrons. The summed E-state index contributed by atoms with van der Waals surface area (Å²) in [4.78, 5) is 0.263. The standard InChI is InChI=1S/C16H23N3O3S/c1-5-13-16(15(6-2)19(4)17-13)23(21,22)18-14-9-12(10-20)8-7-11(14)3/h7-9,18,20H,5-6,10H2,1-4H3. The van der Waals surface area contributed by atoms with Crippen molar-refractivity contribution < 1.29 is 13.5 Å². The van der Waals surface area contributed by atoms with Gasteiger partial charge in [0.15, 0.2) is 0 Å². The van der Waals surface area contributed by atoms with E-state index >= 15 is 0 Å². The largest absolute Gasteiger partial charge is 0.392 e. The van der Waals surface area contributed by atoms with Crippen LogP contribution in [0.5, 0.6) is 0 Å². The van der Waals surface area contributed by atoms with Crippen molar-refractivity contribution >= 4 is 15.7 Å². The fraction of sp³-hybridized carbons (Fsp3) is 0.438. The molecule has 0 saturated carbocycles. The lowest BCUT2D eigenvalue weighted by Gasteiger charge is -2.13. The Kier molecular flexibility index (Phi) is 5.11. The van der Waals surface area contributed by atoms with Crippen LogP contribution in [0.4, 0.5) is 5.69 Å². The summed E-state index contributed by atoms with van der Waals surface area (Å²) in [6.45, 7) is 5.48. The fourth-order valence-electron chi connectivity index (χ4n) is 2.60. The van der Waals surface area contributed by atoms with E-state index in [2.05, 4.69) is 9.82 Å². The lowest BCUT2D eigenvalue weighted by molar-refractivity contribution is 0.282. The molecule has 1 aromatic heterocycles. The molecule has 1 aromatic carbocycles. The van der Waals surface area contributed by atoms with Crippen LogP contribution in [-0.2, 0) is 36.5 Å². The van der Waals surface area contributed by atoms with E-state index in [9.17, 15) is 13.5 Å². The molecule has 0 aliphatic rings. The Labute approximate surface area is 137 Å². The van der Waals surface area contributed by atoms with Crippen LogP contribution in [0.25, 0.3) is 0 Å². The minimum absolute atomic E-state index is 0.137. The molecule has 23 heavy (non-hydrogen) atoms. The number of hydrogen-bond donors (Lipinski definition) is 2. The maximum Gasteiger partial charge on any atom is 0.265 e. The van der Waals surface area contributed by atoms with Crippen molar-refractivity contribution in [2.75, 3.05) is 4.72 Å². The third-order valence-electron chi connectivity index (χ3n) is 3.85. The molecule has 0 aliphatic heterocycles. The van der Waals surface area contributed by atoms with E-state index in [0.717, 1.165) is 5.56 Å². The molecule has 0 atom stereocenters. The summed E-state index contributed by atoms with van der Waals surface area (Å²) >= 11 is 0. The Hall–Kier alpha value is -1.86. The number of sulfonamides is 1. The normalized spacial score (nSPS) is 11.7. The average molecular weight is 337 g/mol. The monoisotopic (exact) mass is 337 g/mol. The molecule has 1 heterocycles. The second-order valence-corrected chi connectivity index (χ2v) is 7.09. The molecule has 0 bridgehead atoms. The zero-order valence-corrected chi connectivity index (χ0v) is 14.7. The number of nitrogens with one attached hydrogen (secondary N) is 1. The van der Waals surface area contributed by atoms with Crippen LogP contribution in [0.3, 0.4) is 0 Å². The molecule has 0 unspecified atom stereocenters. The molecule has 6 nitrogen and oxygen atoms in total. The molecule has 2 N–H and O–H groups in total. The van der Waals surface area contributed by atoms with Gasteiger partial charge in [0.25, 0.3) is 10.0 Å². The van der Waals surface area contributed by atoms with E-state index < -0.39 is 10.0 Å². The lowest BCUT2D eigenvalue weighted by Crippen LogP contribution is -2.17. The van der Waals surface area contributed by atoms with Crippen LogP contribution in [0.15, 0.2) is 23.1 Å². The predicted octanol–water partition coefficient (Wildman–Crippen LogP) is 2.15. The van der Waals surface area contributed by atoms with Crippen molar-refractivity contribution in [3.8, 4) is 0 Å². The quantitative estimate of drug-likeness (QED) is 0.846. The first kappa shape index (κ1) is 17.5. The number of nitrogens with zero attached hydrogens (tertiary/aromatic N) is 2. The molecule has 2 rings (SSSR count). The smallest absolute Gasteiger partial charge is 0.265 e. The number of aromatic nitrogens is 2. The Bertz CT molecular complexity index is 810. The molecule has 0 saturated heterocycles.